The van der Waals surface area contributed by atoms with Gasteiger partial charge in [-0.1, -0.05) is 193 Å². The van der Waals surface area contributed by atoms with Crippen LogP contribution < -0.4 is 14.5 Å². The van der Waals surface area contributed by atoms with Crippen LogP contribution in [-0.2, 0) is 5.41 Å². The summed E-state index contributed by atoms with van der Waals surface area (Å²) in [5.41, 5.74) is 14.2. The van der Waals surface area contributed by atoms with Gasteiger partial charge in [-0.15, -0.1) is 0 Å². The molecule has 316 valence electrons. The van der Waals surface area contributed by atoms with Crippen LogP contribution in [0.2, 0.25) is 0 Å². The molecule has 0 saturated carbocycles. The van der Waals surface area contributed by atoms with Gasteiger partial charge in [-0.2, -0.15) is 0 Å². The summed E-state index contributed by atoms with van der Waals surface area (Å²) in [5.74, 6) is 1.76. The molecule has 3 heteroatoms. The summed E-state index contributed by atoms with van der Waals surface area (Å²) in [6, 6.07) is 58.9. The second-order valence-electron chi connectivity index (χ2n) is 17.6. The molecule has 8 aromatic rings. The maximum absolute atomic E-state index is 6.23. The van der Waals surface area contributed by atoms with E-state index in [1.165, 1.54) is 78.3 Å². The van der Waals surface area contributed by atoms with Gasteiger partial charge in [-0.05, 0) is 127 Å². The highest BCUT2D eigenvalue weighted by atomic mass is 16.5. The third-order valence-electron chi connectivity index (χ3n) is 12.0. The summed E-state index contributed by atoms with van der Waals surface area (Å²) < 4.78 is 6.23. The molecule has 0 spiro atoms. The van der Waals surface area contributed by atoms with E-state index in [-0.39, 0.29) is 5.41 Å². The number of benzene rings is 8. The van der Waals surface area contributed by atoms with E-state index in [4.69, 9.17) is 4.74 Å². The van der Waals surface area contributed by atoms with Crippen LogP contribution in [0.5, 0.6) is 11.5 Å². The molecule has 0 radical (unpaired) electrons. The standard InChI is InChI=1S/C58H48N2O.C3H8/c1-5-42(17-14-36-59-54-20-10-12-22-56(54)61-57-23-13-11-21-55(57)59)50-34-27-41(38-51(50)58(2,3)4)25-24-40-26-33-48-45(37-40)30-31-46-39-47(32-35-49(46)48)60-52-18-8-6-15-43(52)28-29-44-16-7-9-19-53(44)60;1-3-2/h5-35,37-39H,36H2,1-4H3;3H2,1-2H3/b17-14-,25-24+,42-5+;. The zero-order chi connectivity index (χ0) is 44.2. The Hall–Kier alpha value is -7.36. The Morgan fingerprint density at radius 3 is 1.67 bits per heavy atom. The topological polar surface area (TPSA) is 15.7 Å². The van der Waals surface area contributed by atoms with Crippen molar-refractivity contribution < 1.29 is 4.74 Å². The Labute approximate surface area is 379 Å². The lowest BCUT2D eigenvalue weighted by Crippen LogP contribution is -2.21. The van der Waals surface area contributed by atoms with Crippen molar-refractivity contribution in [1.82, 2.24) is 0 Å². The van der Waals surface area contributed by atoms with Gasteiger partial charge >= 0.3 is 0 Å². The van der Waals surface area contributed by atoms with Crippen molar-refractivity contribution in [3.05, 3.63) is 215 Å². The van der Waals surface area contributed by atoms with Gasteiger partial charge in [0.25, 0.3) is 0 Å². The molecule has 0 N–H and O–H groups in total. The SMILES string of the molecule is C/C=C(\C=C/CN1c2ccccc2Oc2ccccc21)c1ccc(/C=C/c2ccc3c(ccc4cc(N5c6ccccc6C=Cc6ccccc65)ccc43)c2)cc1C(C)(C)C.CCC. The zero-order valence-electron chi connectivity index (χ0n) is 37.8. The minimum Gasteiger partial charge on any atom is -0.453 e. The molecule has 0 fully saturated rings. The highest BCUT2D eigenvalue weighted by Crippen LogP contribution is 2.47. The van der Waals surface area contributed by atoms with Crippen LogP contribution in [0.4, 0.5) is 28.4 Å². The molecule has 0 aliphatic carbocycles. The molecule has 0 bridgehead atoms. The van der Waals surface area contributed by atoms with E-state index >= 15 is 0 Å². The highest BCUT2D eigenvalue weighted by Gasteiger charge is 2.24. The van der Waals surface area contributed by atoms with Crippen molar-refractivity contribution in [3.8, 4) is 11.5 Å². The van der Waals surface area contributed by atoms with E-state index in [0.717, 1.165) is 35.1 Å². The Balaban J connectivity index is 0.00000168. The fourth-order valence-electron chi connectivity index (χ4n) is 8.91. The molecule has 0 atom stereocenters. The summed E-state index contributed by atoms with van der Waals surface area (Å²) in [7, 11) is 0. The molecule has 0 aromatic heterocycles. The minimum atomic E-state index is -0.0515. The average molecular weight is 833 g/mol. The number of allylic oxidation sites excluding steroid dienone is 3. The largest absolute Gasteiger partial charge is 0.453 e. The second-order valence-corrected chi connectivity index (χ2v) is 17.6. The molecular weight excluding hydrogens is 777 g/mol. The fraction of sp³-hybridized carbons (Fsp3) is 0.148. The predicted octanol–water partition coefficient (Wildman–Crippen LogP) is 17.7. The van der Waals surface area contributed by atoms with E-state index in [1.54, 1.807) is 0 Å². The number of hydrogen-bond donors (Lipinski definition) is 0. The van der Waals surface area contributed by atoms with Crippen LogP contribution in [-0.4, -0.2) is 6.54 Å². The monoisotopic (exact) mass is 832 g/mol. The van der Waals surface area contributed by atoms with E-state index in [0.29, 0.717) is 0 Å². The van der Waals surface area contributed by atoms with Crippen molar-refractivity contribution in [2.75, 3.05) is 16.3 Å². The van der Waals surface area contributed by atoms with E-state index < -0.39 is 0 Å². The van der Waals surface area contributed by atoms with Gasteiger partial charge in [-0.3, -0.25) is 0 Å². The number of nitrogens with zero attached hydrogens (tertiary/aromatic N) is 2. The lowest BCUT2D eigenvalue weighted by atomic mass is 9.80. The van der Waals surface area contributed by atoms with Crippen molar-refractivity contribution >= 4 is 79.9 Å². The van der Waals surface area contributed by atoms with Crippen LogP contribution in [0.3, 0.4) is 0 Å². The van der Waals surface area contributed by atoms with Gasteiger partial charge in [0, 0.05) is 12.2 Å². The number of anilines is 5. The van der Waals surface area contributed by atoms with Crippen molar-refractivity contribution in [2.24, 2.45) is 0 Å². The Morgan fingerprint density at radius 1 is 0.562 bits per heavy atom. The molecule has 0 saturated heterocycles. The molecule has 64 heavy (non-hydrogen) atoms. The quantitative estimate of drug-likeness (QED) is 0.0904. The Kier molecular flexibility index (Phi) is 11.9. The molecule has 0 unspecified atom stereocenters. The first kappa shape index (κ1) is 42.0. The predicted molar refractivity (Wildman–Crippen MR) is 278 cm³/mol. The molecule has 2 heterocycles. The van der Waals surface area contributed by atoms with E-state index in [1.807, 2.05) is 24.3 Å². The number of fused-ring (bicyclic) bond motifs is 7. The van der Waals surface area contributed by atoms with Gasteiger partial charge in [0.2, 0.25) is 0 Å². The zero-order valence-corrected chi connectivity index (χ0v) is 37.8. The molecule has 10 rings (SSSR count). The van der Waals surface area contributed by atoms with Crippen LogP contribution in [0.1, 0.15) is 81.3 Å². The highest BCUT2D eigenvalue weighted by molar-refractivity contribution is 6.09. The van der Waals surface area contributed by atoms with E-state index in [9.17, 15) is 0 Å². The smallest absolute Gasteiger partial charge is 0.151 e. The van der Waals surface area contributed by atoms with Crippen LogP contribution >= 0.6 is 0 Å². The lowest BCUT2D eigenvalue weighted by Gasteiger charge is -2.32. The maximum Gasteiger partial charge on any atom is 0.151 e. The Morgan fingerprint density at radius 2 is 1.08 bits per heavy atom. The van der Waals surface area contributed by atoms with Gasteiger partial charge in [0.05, 0.1) is 22.7 Å². The summed E-state index contributed by atoms with van der Waals surface area (Å²) in [6.45, 7) is 14.0. The van der Waals surface area contributed by atoms with Crippen molar-refractivity contribution in [2.45, 2.75) is 53.4 Å². The molecule has 2 aliphatic rings. The average Bonchev–Trinajstić information content (AvgIpc) is 3.48. The lowest BCUT2D eigenvalue weighted by molar-refractivity contribution is 0.474. The molecule has 2 aliphatic heterocycles. The minimum absolute atomic E-state index is 0.0515. The van der Waals surface area contributed by atoms with Gasteiger partial charge < -0.3 is 14.5 Å². The first-order valence-corrected chi connectivity index (χ1v) is 22.7. The normalized spacial score (nSPS) is 13.2. The van der Waals surface area contributed by atoms with Crippen molar-refractivity contribution in [1.29, 1.82) is 0 Å². The summed E-state index contributed by atoms with van der Waals surface area (Å²) in [5, 5.41) is 4.97. The second kappa shape index (κ2) is 18.2. The van der Waals surface area contributed by atoms with Crippen LogP contribution in [0, 0.1) is 0 Å². The third kappa shape index (κ3) is 8.42. The number of hydrogen-bond acceptors (Lipinski definition) is 3. The van der Waals surface area contributed by atoms with Gasteiger partial charge in [0.15, 0.2) is 11.5 Å². The first-order chi connectivity index (χ1) is 31.2. The number of rotatable bonds is 7. The summed E-state index contributed by atoms with van der Waals surface area (Å²) >= 11 is 0. The van der Waals surface area contributed by atoms with E-state index in [2.05, 4.69) is 233 Å². The fourth-order valence-corrected chi connectivity index (χ4v) is 8.91. The summed E-state index contributed by atoms with van der Waals surface area (Å²) in [4.78, 5) is 4.72. The number of para-hydroxylation sites is 6. The molecular formula is C61H56N2O. The molecule has 8 aromatic carbocycles. The van der Waals surface area contributed by atoms with Crippen LogP contribution in [0.25, 0.3) is 51.4 Å². The third-order valence-corrected chi connectivity index (χ3v) is 12.0. The summed E-state index contributed by atoms with van der Waals surface area (Å²) in [6.07, 6.45) is 16.9. The van der Waals surface area contributed by atoms with Gasteiger partial charge in [-0.25, -0.2) is 0 Å². The maximum atomic E-state index is 6.23. The first-order valence-electron chi connectivity index (χ1n) is 22.7. The molecule has 3 nitrogen and oxygen atoms in total. The number of ether oxygens (including phenoxy) is 1. The van der Waals surface area contributed by atoms with Crippen LogP contribution in [0.15, 0.2) is 182 Å². The van der Waals surface area contributed by atoms with Gasteiger partial charge in [0.1, 0.15) is 0 Å². The molecule has 0 amide bonds. The Bertz CT molecular complexity index is 3030. The van der Waals surface area contributed by atoms with Crippen molar-refractivity contribution in [3.63, 3.8) is 0 Å².